The van der Waals surface area contributed by atoms with Crippen molar-refractivity contribution in [2.24, 2.45) is 5.73 Å². The van der Waals surface area contributed by atoms with E-state index in [1.165, 1.54) is 7.11 Å². The van der Waals surface area contributed by atoms with Gasteiger partial charge < -0.3 is 26.2 Å². The van der Waals surface area contributed by atoms with Crippen LogP contribution in [0.4, 0.5) is 0 Å². The Morgan fingerprint density at radius 2 is 1.95 bits per heavy atom. The van der Waals surface area contributed by atoms with Gasteiger partial charge in [0.15, 0.2) is 0 Å². The molecule has 9 nitrogen and oxygen atoms in total. The molecule has 0 rings (SSSR count). The van der Waals surface area contributed by atoms with Crippen LogP contribution in [0.15, 0.2) is 0 Å². The highest BCUT2D eigenvalue weighted by atomic mass is 32.1. The number of thiol groups is 1. The van der Waals surface area contributed by atoms with Gasteiger partial charge >= 0.3 is 11.9 Å². The summed E-state index contributed by atoms with van der Waals surface area (Å²) < 4.78 is 4.35. The van der Waals surface area contributed by atoms with E-state index in [1.54, 1.807) is 0 Å². The molecule has 0 aliphatic rings. The summed E-state index contributed by atoms with van der Waals surface area (Å²) in [6.07, 6.45) is -0.188. The first-order valence-electron chi connectivity index (χ1n) is 6.05. The zero-order valence-corrected chi connectivity index (χ0v) is 12.4. The van der Waals surface area contributed by atoms with Crippen LogP contribution in [-0.4, -0.2) is 60.4 Å². The van der Waals surface area contributed by atoms with E-state index in [0.717, 1.165) is 0 Å². The zero-order valence-electron chi connectivity index (χ0n) is 11.5. The van der Waals surface area contributed by atoms with Crippen molar-refractivity contribution in [1.82, 2.24) is 10.6 Å². The van der Waals surface area contributed by atoms with Crippen LogP contribution in [0, 0.1) is 0 Å². The number of ether oxygens (including phenoxy) is 1. The molecule has 0 aromatic carbocycles. The fraction of sp³-hybridized carbons (Fsp3) is 0.636. The predicted molar refractivity (Wildman–Crippen MR) is 75.7 cm³/mol. The number of carboxylic acid groups (broad SMARTS) is 1. The Morgan fingerprint density at radius 3 is 2.43 bits per heavy atom. The van der Waals surface area contributed by atoms with Crippen molar-refractivity contribution in [3.63, 3.8) is 0 Å². The first kappa shape index (κ1) is 19.2. The number of aliphatic carboxylic acids is 1. The first-order chi connectivity index (χ1) is 9.81. The number of nitrogens with two attached hydrogens (primary N) is 1. The van der Waals surface area contributed by atoms with E-state index in [2.05, 4.69) is 28.0 Å². The number of methoxy groups -OCH3 is 1. The Morgan fingerprint density at radius 1 is 1.33 bits per heavy atom. The fourth-order valence-corrected chi connectivity index (χ4v) is 1.48. The van der Waals surface area contributed by atoms with E-state index in [4.69, 9.17) is 10.8 Å². The number of rotatable bonds is 9. The van der Waals surface area contributed by atoms with Crippen molar-refractivity contribution >= 4 is 36.4 Å². The molecule has 0 saturated heterocycles. The zero-order chi connectivity index (χ0) is 16.4. The quantitative estimate of drug-likeness (QED) is 0.241. The lowest BCUT2D eigenvalue weighted by Crippen LogP contribution is -2.49. The smallest absolute Gasteiger partial charge is 0.325 e. The Kier molecular flexibility index (Phi) is 9.13. The Labute approximate surface area is 127 Å². The largest absolute Gasteiger partial charge is 0.480 e. The molecule has 0 radical (unpaired) electrons. The van der Waals surface area contributed by atoms with Gasteiger partial charge in [0, 0.05) is 12.2 Å². The molecule has 0 heterocycles. The lowest BCUT2D eigenvalue weighted by molar-refractivity contribution is -0.141. The second kappa shape index (κ2) is 10.00. The van der Waals surface area contributed by atoms with Crippen LogP contribution in [0.5, 0.6) is 0 Å². The Balaban J connectivity index is 4.23. The van der Waals surface area contributed by atoms with E-state index in [1.807, 2.05) is 0 Å². The number of hydrogen-bond acceptors (Lipinski definition) is 7. The summed E-state index contributed by atoms with van der Waals surface area (Å²) in [7, 11) is 1.18. The monoisotopic (exact) mass is 321 g/mol. The minimum absolute atomic E-state index is 0.0176. The summed E-state index contributed by atoms with van der Waals surface area (Å²) in [5.74, 6) is -2.93. The standard InChI is InChI=1S/C11H19N3O6S/c1-20-9(16)4-13-10(17)7(5-21)14-8(15)3-2-6(12)11(18)19/h6-7,21H,2-5,12H2,1H3,(H,13,17)(H,14,15)(H,18,19). The number of carbonyl (C=O) groups is 4. The summed E-state index contributed by atoms with van der Waals surface area (Å²) in [6.45, 7) is -0.320. The van der Waals surface area contributed by atoms with Crippen LogP contribution in [0.2, 0.25) is 0 Å². The fourth-order valence-electron chi connectivity index (χ4n) is 1.23. The van der Waals surface area contributed by atoms with Crippen LogP contribution >= 0.6 is 12.6 Å². The highest BCUT2D eigenvalue weighted by Gasteiger charge is 2.21. The number of esters is 1. The van der Waals surface area contributed by atoms with Gasteiger partial charge in [-0.15, -0.1) is 0 Å². The topological polar surface area (TPSA) is 148 Å². The van der Waals surface area contributed by atoms with E-state index < -0.39 is 35.8 Å². The molecule has 0 aromatic heterocycles. The van der Waals surface area contributed by atoms with Gasteiger partial charge in [-0.05, 0) is 6.42 Å². The first-order valence-corrected chi connectivity index (χ1v) is 6.68. The van der Waals surface area contributed by atoms with Crippen molar-refractivity contribution in [2.45, 2.75) is 24.9 Å². The molecule has 0 saturated carbocycles. The summed E-state index contributed by atoms with van der Waals surface area (Å²) in [5.41, 5.74) is 5.26. The number of carboxylic acids is 1. The van der Waals surface area contributed by atoms with Crippen molar-refractivity contribution in [1.29, 1.82) is 0 Å². The average molecular weight is 321 g/mol. The SMILES string of the molecule is COC(=O)CNC(=O)C(CS)NC(=O)CCC(N)C(=O)O. The third-order valence-electron chi connectivity index (χ3n) is 2.47. The van der Waals surface area contributed by atoms with Crippen molar-refractivity contribution in [2.75, 3.05) is 19.4 Å². The van der Waals surface area contributed by atoms with Gasteiger partial charge in [-0.2, -0.15) is 12.6 Å². The van der Waals surface area contributed by atoms with Gasteiger partial charge in [0.05, 0.1) is 7.11 Å². The summed E-state index contributed by atoms with van der Waals surface area (Å²) in [6, 6.07) is -2.08. The van der Waals surface area contributed by atoms with Crippen molar-refractivity contribution in [3.8, 4) is 0 Å². The Bertz CT molecular complexity index is 403. The molecule has 2 amide bonds. The van der Waals surface area contributed by atoms with E-state index in [-0.39, 0.29) is 25.1 Å². The lowest BCUT2D eigenvalue weighted by atomic mass is 10.1. The van der Waals surface area contributed by atoms with Gasteiger partial charge in [-0.3, -0.25) is 19.2 Å². The third-order valence-corrected chi connectivity index (χ3v) is 2.83. The minimum Gasteiger partial charge on any atom is -0.480 e. The molecule has 0 spiro atoms. The third kappa shape index (κ3) is 8.15. The van der Waals surface area contributed by atoms with Crippen LogP contribution in [0.1, 0.15) is 12.8 Å². The van der Waals surface area contributed by atoms with E-state index in [9.17, 15) is 19.2 Å². The highest BCUT2D eigenvalue weighted by Crippen LogP contribution is 1.97. The molecule has 0 bridgehead atoms. The molecule has 2 unspecified atom stereocenters. The maximum Gasteiger partial charge on any atom is 0.325 e. The summed E-state index contributed by atoms with van der Waals surface area (Å²) in [4.78, 5) is 44.6. The molecule has 0 aliphatic heterocycles. The molecule has 120 valence electrons. The van der Waals surface area contributed by atoms with Crippen LogP contribution in [0.25, 0.3) is 0 Å². The highest BCUT2D eigenvalue weighted by molar-refractivity contribution is 7.80. The van der Waals surface area contributed by atoms with Crippen LogP contribution in [0.3, 0.4) is 0 Å². The second-order valence-corrected chi connectivity index (χ2v) is 4.45. The number of carbonyl (C=O) groups excluding carboxylic acids is 3. The maximum absolute atomic E-state index is 11.7. The van der Waals surface area contributed by atoms with E-state index in [0.29, 0.717) is 0 Å². The number of nitrogens with one attached hydrogen (secondary N) is 2. The van der Waals surface area contributed by atoms with Gasteiger partial charge in [0.25, 0.3) is 0 Å². The number of hydrogen-bond donors (Lipinski definition) is 5. The molecular weight excluding hydrogens is 302 g/mol. The van der Waals surface area contributed by atoms with Gasteiger partial charge in [-0.1, -0.05) is 0 Å². The average Bonchev–Trinajstić information content (AvgIpc) is 2.46. The second-order valence-electron chi connectivity index (χ2n) is 4.08. The normalized spacial score (nSPS) is 12.9. The molecule has 21 heavy (non-hydrogen) atoms. The summed E-state index contributed by atoms with van der Waals surface area (Å²) >= 11 is 3.93. The predicted octanol–water partition coefficient (Wildman–Crippen LogP) is -2.12. The molecule has 0 fully saturated rings. The summed E-state index contributed by atoms with van der Waals surface area (Å²) in [5, 5.41) is 13.2. The number of amides is 2. The molecule has 10 heteroatoms. The van der Waals surface area contributed by atoms with Gasteiger partial charge in [0.1, 0.15) is 18.6 Å². The van der Waals surface area contributed by atoms with Crippen LogP contribution in [-0.2, 0) is 23.9 Å². The van der Waals surface area contributed by atoms with Gasteiger partial charge in [-0.25, -0.2) is 0 Å². The van der Waals surface area contributed by atoms with Crippen molar-refractivity contribution < 1.29 is 29.0 Å². The maximum atomic E-state index is 11.7. The molecule has 5 N–H and O–H groups in total. The van der Waals surface area contributed by atoms with Crippen LogP contribution < -0.4 is 16.4 Å². The molecular formula is C11H19N3O6S. The molecule has 2 atom stereocenters. The van der Waals surface area contributed by atoms with Crippen molar-refractivity contribution in [3.05, 3.63) is 0 Å². The molecule has 0 aromatic rings. The minimum atomic E-state index is -1.20. The van der Waals surface area contributed by atoms with E-state index >= 15 is 0 Å². The molecule has 0 aliphatic carbocycles. The Hall–Kier alpha value is -1.81. The lowest BCUT2D eigenvalue weighted by Gasteiger charge is -2.16. The van der Waals surface area contributed by atoms with Gasteiger partial charge in [0.2, 0.25) is 11.8 Å².